The largest absolute Gasteiger partial charge is 0.226 e. The second-order valence-corrected chi connectivity index (χ2v) is 16.7. The van der Waals surface area contributed by atoms with E-state index in [0.717, 1.165) is 32.9 Å². The molecule has 0 aliphatic heterocycles. The molecule has 1 saturated carbocycles. The van der Waals surface area contributed by atoms with Crippen molar-refractivity contribution in [3.63, 3.8) is 0 Å². The van der Waals surface area contributed by atoms with Gasteiger partial charge in [0.1, 0.15) is 0 Å². The third kappa shape index (κ3) is 4.23. The van der Waals surface area contributed by atoms with Crippen LogP contribution in [0.2, 0.25) is 0 Å². The van der Waals surface area contributed by atoms with Gasteiger partial charge in [0.2, 0.25) is 0 Å². The molecule has 0 unspecified atom stereocenters. The van der Waals surface area contributed by atoms with Crippen LogP contribution < -0.4 is 0 Å². The van der Waals surface area contributed by atoms with Crippen LogP contribution in [0.5, 0.6) is 0 Å². The summed E-state index contributed by atoms with van der Waals surface area (Å²) < 4.78 is 2.37. The second-order valence-electron chi connectivity index (χ2n) is 15.6. The van der Waals surface area contributed by atoms with Crippen molar-refractivity contribution in [2.75, 3.05) is 0 Å². The predicted molar refractivity (Wildman–Crippen MR) is 218 cm³/mol. The van der Waals surface area contributed by atoms with E-state index in [1.165, 1.54) is 86.7 Å². The number of fused-ring (bicyclic) bond motifs is 11. The fourth-order valence-corrected chi connectivity index (χ4v) is 11.0. The third-order valence-electron chi connectivity index (χ3n) is 12.5. The van der Waals surface area contributed by atoms with E-state index >= 15 is 0 Å². The molecule has 0 bridgehead atoms. The molecule has 3 aliphatic carbocycles. The van der Waals surface area contributed by atoms with E-state index in [4.69, 9.17) is 9.97 Å². The Kier molecular flexibility index (Phi) is 6.44. The highest BCUT2D eigenvalue weighted by Gasteiger charge is 2.46. The van der Waals surface area contributed by atoms with E-state index < -0.39 is 0 Å². The molecule has 1 fully saturated rings. The van der Waals surface area contributed by atoms with Crippen molar-refractivity contribution < 1.29 is 0 Å². The zero-order valence-corrected chi connectivity index (χ0v) is 30.4. The average molecular weight is 687 g/mol. The molecule has 6 aromatic carbocycles. The molecule has 11 rings (SSSR count). The summed E-state index contributed by atoms with van der Waals surface area (Å²) in [7, 11) is 0. The first-order valence-corrected chi connectivity index (χ1v) is 19.6. The van der Waals surface area contributed by atoms with Crippen molar-refractivity contribution >= 4 is 31.6 Å². The molecule has 8 aromatic rings. The van der Waals surface area contributed by atoms with Gasteiger partial charge in [0.05, 0.1) is 15.9 Å². The van der Waals surface area contributed by atoms with Gasteiger partial charge in [0, 0.05) is 32.0 Å². The maximum absolute atomic E-state index is 5.20. The van der Waals surface area contributed by atoms with Gasteiger partial charge in [-0.2, -0.15) is 0 Å². The Morgan fingerprint density at radius 1 is 0.500 bits per heavy atom. The highest BCUT2D eigenvalue weighted by molar-refractivity contribution is 7.26. The quantitative estimate of drug-likeness (QED) is 0.185. The van der Waals surface area contributed by atoms with Gasteiger partial charge in [-0.3, -0.25) is 0 Å². The zero-order valence-electron chi connectivity index (χ0n) is 29.5. The van der Waals surface area contributed by atoms with E-state index in [0.29, 0.717) is 0 Å². The topological polar surface area (TPSA) is 25.8 Å². The first-order valence-electron chi connectivity index (χ1n) is 18.8. The molecule has 0 atom stereocenters. The molecule has 3 aliphatic rings. The van der Waals surface area contributed by atoms with E-state index in [1.807, 2.05) is 6.07 Å². The van der Waals surface area contributed by atoms with Crippen LogP contribution in [0.3, 0.4) is 0 Å². The lowest BCUT2D eigenvalue weighted by atomic mass is 9.67. The summed E-state index contributed by atoms with van der Waals surface area (Å²) in [6, 6.07) is 49.6. The monoisotopic (exact) mass is 686 g/mol. The number of thiophene rings is 1. The van der Waals surface area contributed by atoms with Gasteiger partial charge < -0.3 is 0 Å². The Morgan fingerprint density at radius 3 is 2.00 bits per heavy atom. The minimum atomic E-state index is -0.0888. The number of hydrogen-bond donors (Lipinski definition) is 0. The minimum Gasteiger partial charge on any atom is -0.226 e. The van der Waals surface area contributed by atoms with Crippen molar-refractivity contribution in [3.8, 4) is 56.0 Å². The van der Waals surface area contributed by atoms with Gasteiger partial charge >= 0.3 is 0 Å². The molecule has 0 amide bonds. The van der Waals surface area contributed by atoms with Crippen LogP contribution in [0, 0.1) is 0 Å². The van der Waals surface area contributed by atoms with E-state index in [2.05, 4.69) is 141 Å². The molecule has 250 valence electrons. The van der Waals surface area contributed by atoms with Crippen molar-refractivity contribution in [2.24, 2.45) is 0 Å². The summed E-state index contributed by atoms with van der Waals surface area (Å²) >= 11 is 1.78. The molecule has 3 heteroatoms. The van der Waals surface area contributed by atoms with Gasteiger partial charge in [-0.25, -0.2) is 9.97 Å². The van der Waals surface area contributed by atoms with Crippen LogP contribution >= 0.6 is 11.3 Å². The number of aromatic nitrogens is 2. The van der Waals surface area contributed by atoms with Crippen LogP contribution in [-0.2, 0) is 10.8 Å². The maximum atomic E-state index is 5.20. The van der Waals surface area contributed by atoms with Gasteiger partial charge in [-0.05, 0) is 92.7 Å². The summed E-state index contributed by atoms with van der Waals surface area (Å²) in [5.74, 6) is 0.764. The third-order valence-corrected chi connectivity index (χ3v) is 13.7. The molecule has 0 N–H and O–H groups in total. The molecule has 0 radical (unpaired) electrons. The maximum Gasteiger partial charge on any atom is 0.160 e. The van der Waals surface area contributed by atoms with E-state index in [-0.39, 0.29) is 10.8 Å². The van der Waals surface area contributed by atoms with Crippen LogP contribution in [0.4, 0.5) is 0 Å². The predicted octanol–water partition coefficient (Wildman–Crippen LogP) is 13.4. The fourth-order valence-electron chi connectivity index (χ4n) is 9.88. The lowest BCUT2D eigenvalue weighted by Crippen LogP contribution is -2.28. The summed E-state index contributed by atoms with van der Waals surface area (Å²) in [6.45, 7) is 4.84. The normalized spacial score (nSPS) is 16.2. The van der Waals surface area contributed by atoms with Crippen LogP contribution in [0.15, 0.2) is 133 Å². The van der Waals surface area contributed by atoms with Crippen LogP contribution in [-0.4, -0.2) is 9.97 Å². The fraction of sp³-hybridized carbons (Fsp3) is 0.184. The smallest absolute Gasteiger partial charge is 0.160 e. The Balaban J connectivity index is 0.997. The zero-order chi connectivity index (χ0) is 34.6. The van der Waals surface area contributed by atoms with E-state index in [9.17, 15) is 0 Å². The Morgan fingerprint density at radius 2 is 1.15 bits per heavy atom. The highest BCUT2D eigenvalue weighted by Crippen LogP contribution is 2.60. The standard InChI is InChI=1S/C49H38N2S/c1-48(2)40-27-33(23-24-35(40)37-29-42-38(28-41(37)48)34-15-7-9-17-39(34)49(42)25-11-4-12-26-49)30-19-21-31(22-20-30)44-46-45(36-16-8-10-18-43(36)52-46)51-47(50-44)32-13-5-3-6-14-32/h3,5-10,13-24,27-29H,4,11-12,25-26H2,1-2H3. The summed E-state index contributed by atoms with van der Waals surface area (Å²) in [5, 5.41) is 1.19. The number of nitrogens with zero attached hydrogens (tertiary/aromatic N) is 2. The number of rotatable bonds is 3. The Bertz CT molecular complexity index is 2730. The lowest BCUT2D eigenvalue weighted by molar-refractivity contribution is 0.353. The van der Waals surface area contributed by atoms with Crippen LogP contribution in [0.25, 0.3) is 76.3 Å². The molecule has 52 heavy (non-hydrogen) atoms. The van der Waals surface area contributed by atoms with Crippen LogP contribution in [0.1, 0.15) is 68.2 Å². The minimum absolute atomic E-state index is 0.0888. The molecular weight excluding hydrogens is 649 g/mol. The SMILES string of the molecule is CC1(C)c2cc(-c3ccc(-c4nc(-c5ccccc5)nc5c4sc4ccccc45)cc3)ccc2-c2cc3c(cc21)-c1ccccc1C31CCCCC1. The summed E-state index contributed by atoms with van der Waals surface area (Å²) in [5.41, 5.74) is 18.5. The van der Waals surface area contributed by atoms with E-state index in [1.54, 1.807) is 22.5 Å². The molecule has 1 spiro atoms. The van der Waals surface area contributed by atoms with Crippen molar-refractivity contribution in [3.05, 3.63) is 156 Å². The van der Waals surface area contributed by atoms with Gasteiger partial charge in [-0.15, -0.1) is 11.3 Å². The lowest BCUT2D eigenvalue weighted by Gasteiger charge is -2.36. The average Bonchev–Trinajstić information content (AvgIpc) is 3.78. The molecule has 0 saturated heterocycles. The number of hydrogen-bond acceptors (Lipinski definition) is 3. The molecular formula is C49H38N2S. The molecule has 2 aromatic heterocycles. The summed E-state index contributed by atoms with van der Waals surface area (Å²) in [6.07, 6.45) is 6.51. The molecule has 2 heterocycles. The van der Waals surface area contributed by atoms with Crippen molar-refractivity contribution in [2.45, 2.75) is 56.8 Å². The van der Waals surface area contributed by atoms with Gasteiger partial charge in [0.15, 0.2) is 5.82 Å². The number of benzene rings is 6. The highest BCUT2D eigenvalue weighted by atomic mass is 32.1. The van der Waals surface area contributed by atoms with Gasteiger partial charge in [0.25, 0.3) is 0 Å². The van der Waals surface area contributed by atoms with Crippen molar-refractivity contribution in [1.82, 2.24) is 9.97 Å². The Labute approximate surface area is 308 Å². The second kappa shape index (κ2) is 11.1. The Hall–Kier alpha value is -5.38. The van der Waals surface area contributed by atoms with Gasteiger partial charge in [-0.1, -0.05) is 142 Å². The van der Waals surface area contributed by atoms with Crippen molar-refractivity contribution in [1.29, 1.82) is 0 Å². The summed E-state index contributed by atoms with van der Waals surface area (Å²) in [4.78, 5) is 10.3. The first-order chi connectivity index (χ1) is 25.5. The first kappa shape index (κ1) is 30.3. The molecule has 2 nitrogen and oxygen atoms in total.